The minimum Gasteiger partial charge on any atom is -0.391 e. The maximum absolute atomic E-state index is 12.3. The van der Waals surface area contributed by atoms with Gasteiger partial charge in [-0.3, -0.25) is 4.79 Å². The van der Waals surface area contributed by atoms with E-state index in [0.717, 1.165) is 5.69 Å². The highest BCUT2D eigenvalue weighted by atomic mass is 16.5. The molecule has 0 aliphatic rings. The van der Waals surface area contributed by atoms with E-state index in [1.54, 1.807) is 31.2 Å². The Morgan fingerprint density at radius 3 is 2.46 bits per heavy atom. The molecule has 2 N–H and O–H groups in total. The van der Waals surface area contributed by atoms with Crippen molar-refractivity contribution in [2.45, 2.75) is 19.1 Å². The molecule has 0 spiro atoms. The number of amides is 1. The number of ether oxygens (including phenoxy) is 1. The average Bonchev–Trinajstić information content (AvgIpc) is 2.60. The summed E-state index contributed by atoms with van der Waals surface area (Å²) in [6, 6.07) is 15.7. The van der Waals surface area contributed by atoms with Crippen molar-refractivity contribution in [2.24, 2.45) is 10.2 Å². The van der Waals surface area contributed by atoms with E-state index in [4.69, 9.17) is 4.74 Å². The SMILES string of the molecule is COC[C@H](NC(=O)c1cccc(N=Nc2ccccc2)c1)[C@H](C)O. The zero-order chi connectivity index (χ0) is 17.4. The molecule has 1 amide bonds. The molecule has 2 aromatic rings. The number of nitrogens with one attached hydrogen (secondary N) is 1. The van der Waals surface area contributed by atoms with Crippen LogP contribution in [0.15, 0.2) is 64.8 Å². The predicted molar refractivity (Wildman–Crippen MR) is 91.9 cm³/mol. The lowest BCUT2D eigenvalue weighted by atomic mass is 10.1. The normalized spacial score (nSPS) is 13.6. The number of azo groups is 1. The molecule has 2 atom stereocenters. The van der Waals surface area contributed by atoms with E-state index in [9.17, 15) is 9.90 Å². The number of carbonyl (C=O) groups is 1. The van der Waals surface area contributed by atoms with Gasteiger partial charge in [0.05, 0.1) is 30.1 Å². The topological polar surface area (TPSA) is 83.3 Å². The summed E-state index contributed by atoms with van der Waals surface area (Å²) in [6.07, 6.45) is -0.713. The van der Waals surface area contributed by atoms with Gasteiger partial charge in [0, 0.05) is 12.7 Å². The summed E-state index contributed by atoms with van der Waals surface area (Å²) < 4.78 is 5.01. The van der Waals surface area contributed by atoms with Crippen molar-refractivity contribution in [3.8, 4) is 0 Å². The Hall–Kier alpha value is -2.57. The van der Waals surface area contributed by atoms with Crippen LogP contribution in [0.2, 0.25) is 0 Å². The van der Waals surface area contributed by atoms with Gasteiger partial charge in [-0.25, -0.2) is 0 Å². The quantitative estimate of drug-likeness (QED) is 0.766. The summed E-state index contributed by atoms with van der Waals surface area (Å²) in [5, 5.41) is 20.7. The lowest BCUT2D eigenvalue weighted by Gasteiger charge is -2.20. The van der Waals surface area contributed by atoms with Crippen molar-refractivity contribution in [3.05, 3.63) is 60.2 Å². The van der Waals surface area contributed by atoms with E-state index in [2.05, 4.69) is 15.5 Å². The molecule has 6 heteroatoms. The molecule has 6 nitrogen and oxygen atoms in total. The first kappa shape index (κ1) is 17.8. The van der Waals surface area contributed by atoms with E-state index in [1.807, 2.05) is 30.3 Å². The van der Waals surface area contributed by atoms with Crippen LogP contribution >= 0.6 is 0 Å². The van der Waals surface area contributed by atoms with Crippen molar-refractivity contribution in [1.82, 2.24) is 5.32 Å². The van der Waals surface area contributed by atoms with Crippen molar-refractivity contribution in [2.75, 3.05) is 13.7 Å². The van der Waals surface area contributed by atoms with Gasteiger partial charge in [-0.05, 0) is 37.3 Å². The number of carbonyl (C=O) groups excluding carboxylic acids is 1. The second-order valence-electron chi connectivity index (χ2n) is 5.36. The van der Waals surface area contributed by atoms with Crippen LogP contribution in [0.5, 0.6) is 0 Å². The third kappa shape index (κ3) is 5.26. The highest BCUT2D eigenvalue weighted by molar-refractivity contribution is 5.95. The molecule has 0 radical (unpaired) electrons. The highest BCUT2D eigenvalue weighted by Crippen LogP contribution is 2.19. The first-order chi connectivity index (χ1) is 11.6. The molecule has 0 fully saturated rings. The van der Waals surface area contributed by atoms with E-state index in [-0.39, 0.29) is 12.5 Å². The Morgan fingerprint density at radius 2 is 1.79 bits per heavy atom. The average molecular weight is 327 g/mol. The van der Waals surface area contributed by atoms with Gasteiger partial charge in [0.2, 0.25) is 0 Å². The summed E-state index contributed by atoms with van der Waals surface area (Å²) in [7, 11) is 1.52. The molecule has 126 valence electrons. The molecule has 0 aliphatic heterocycles. The van der Waals surface area contributed by atoms with Gasteiger partial charge >= 0.3 is 0 Å². The Kier molecular flexibility index (Phi) is 6.60. The van der Waals surface area contributed by atoms with Gasteiger partial charge in [0.25, 0.3) is 5.91 Å². The van der Waals surface area contributed by atoms with Crippen molar-refractivity contribution >= 4 is 17.3 Å². The van der Waals surface area contributed by atoms with Gasteiger partial charge < -0.3 is 15.2 Å². The summed E-state index contributed by atoms with van der Waals surface area (Å²) in [5.41, 5.74) is 1.76. The third-order valence-electron chi connectivity index (χ3n) is 3.39. The molecule has 24 heavy (non-hydrogen) atoms. The smallest absolute Gasteiger partial charge is 0.251 e. The van der Waals surface area contributed by atoms with Crippen LogP contribution in [0.1, 0.15) is 17.3 Å². The van der Waals surface area contributed by atoms with Crippen LogP contribution in [0.25, 0.3) is 0 Å². The second kappa shape index (κ2) is 8.90. The van der Waals surface area contributed by atoms with E-state index < -0.39 is 12.1 Å². The Morgan fingerprint density at radius 1 is 1.12 bits per heavy atom. The molecule has 2 aromatic carbocycles. The molecule has 0 saturated heterocycles. The lowest BCUT2D eigenvalue weighted by Crippen LogP contribution is -2.45. The number of nitrogens with zero attached hydrogens (tertiary/aromatic N) is 2. The lowest BCUT2D eigenvalue weighted by molar-refractivity contribution is 0.0662. The zero-order valence-electron chi connectivity index (χ0n) is 13.7. The first-order valence-electron chi connectivity index (χ1n) is 7.65. The van der Waals surface area contributed by atoms with Crippen LogP contribution in [-0.4, -0.2) is 36.9 Å². The maximum Gasteiger partial charge on any atom is 0.251 e. The van der Waals surface area contributed by atoms with Crippen molar-refractivity contribution in [1.29, 1.82) is 0 Å². The monoisotopic (exact) mass is 327 g/mol. The summed E-state index contributed by atoms with van der Waals surface area (Å²) in [6.45, 7) is 1.84. The highest BCUT2D eigenvalue weighted by Gasteiger charge is 2.18. The second-order valence-corrected chi connectivity index (χ2v) is 5.36. The summed E-state index contributed by atoms with van der Waals surface area (Å²) in [5.74, 6) is -0.297. The van der Waals surface area contributed by atoms with Gasteiger partial charge in [-0.15, -0.1) is 0 Å². The Bertz CT molecular complexity index is 687. The fourth-order valence-corrected chi connectivity index (χ4v) is 2.05. The number of aliphatic hydroxyl groups excluding tert-OH is 1. The number of hydrogen-bond acceptors (Lipinski definition) is 5. The van der Waals surface area contributed by atoms with Crippen LogP contribution in [0.3, 0.4) is 0 Å². The van der Waals surface area contributed by atoms with Crippen LogP contribution in [0.4, 0.5) is 11.4 Å². The number of hydrogen-bond donors (Lipinski definition) is 2. The molecule has 0 aliphatic carbocycles. The van der Waals surface area contributed by atoms with Crippen LogP contribution in [0, 0.1) is 0 Å². The molecular weight excluding hydrogens is 306 g/mol. The van der Waals surface area contributed by atoms with Crippen molar-refractivity contribution < 1.29 is 14.6 Å². The minimum absolute atomic E-state index is 0.233. The van der Waals surface area contributed by atoms with E-state index in [0.29, 0.717) is 11.3 Å². The largest absolute Gasteiger partial charge is 0.391 e. The first-order valence-corrected chi connectivity index (χ1v) is 7.65. The van der Waals surface area contributed by atoms with Crippen LogP contribution < -0.4 is 5.32 Å². The number of methoxy groups -OCH3 is 1. The predicted octanol–water partition coefficient (Wildman–Crippen LogP) is 3.23. The number of benzene rings is 2. The fourth-order valence-electron chi connectivity index (χ4n) is 2.05. The molecule has 2 rings (SSSR count). The van der Waals surface area contributed by atoms with Gasteiger partial charge in [0.1, 0.15) is 0 Å². The van der Waals surface area contributed by atoms with Gasteiger partial charge in [-0.2, -0.15) is 10.2 Å². The van der Waals surface area contributed by atoms with Gasteiger partial charge in [0.15, 0.2) is 0 Å². The fraction of sp³-hybridized carbons (Fsp3) is 0.278. The van der Waals surface area contributed by atoms with Crippen LogP contribution in [-0.2, 0) is 4.74 Å². The van der Waals surface area contributed by atoms with Crippen molar-refractivity contribution in [3.63, 3.8) is 0 Å². The third-order valence-corrected chi connectivity index (χ3v) is 3.39. The van der Waals surface area contributed by atoms with Gasteiger partial charge in [-0.1, -0.05) is 24.3 Å². The van der Waals surface area contributed by atoms with E-state index in [1.165, 1.54) is 7.11 Å². The minimum atomic E-state index is -0.713. The molecule has 0 bridgehead atoms. The molecule has 0 saturated carbocycles. The van der Waals surface area contributed by atoms with E-state index >= 15 is 0 Å². The zero-order valence-corrected chi connectivity index (χ0v) is 13.7. The Labute approximate surface area is 141 Å². The maximum atomic E-state index is 12.3. The number of aliphatic hydroxyl groups is 1. The molecule has 0 heterocycles. The number of rotatable bonds is 7. The Balaban J connectivity index is 2.09. The standard InChI is InChI=1S/C18H21N3O3/c1-13(22)17(12-24-2)19-18(23)14-7-6-10-16(11-14)21-20-15-8-4-3-5-9-15/h3-11,13,17,22H,12H2,1-2H3,(H,19,23)/t13-,17-/m0/s1. The molecular formula is C18H21N3O3. The molecule has 0 unspecified atom stereocenters. The molecule has 0 aromatic heterocycles. The summed E-state index contributed by atoms with van der Waals surface area (Å²) >= 11 is 0. The summed E-state index contributed by atoms with van der Waals surface area (Å²) in [4.78, 5) is 12.3.